The summed E-state index contributed by atoms with van der Waals surface area (Å²) in [7, 11) is 0. The molecule has 0 fully saturated rings. The molecule has 1 N–H and O–H groups in total. The first-order valence-corrected chi connectivity index (χ1v) is 6.85. The van der Waals surface area contributed by atoms with Gasteiger partial charge in [0, 0.05) is 0 Å². The molecular weight excluding hydrogens is 305 g/mol. The molecule has 2 aromatic rings. The maximum atomic E-state index is 12.7. The van der Waals surface area contributed by atoms with Crippen LogP contribution in [0.15, 0.2) is 35.4 Å². The van der Waals surface area contributed by atoms with Crippen LogP contribution in [0.4, 0.5) is 13.2 Å². The Morgan fingerprint density at radius 2 is 2.10 bits per heavy atom. The maximum Gasteiger partial charge on any atom is 0.416 e. The van der Waals surface area contributed by atoms with Gasteiger partial charge in [0.1, 0.15) is 5.03 Å². The van der Waals surface area contributed by atoms with Crippen LogP contribution in [0.25, 0.3) is 5.69 Å². The predicted molar refractivity (Wildman–Crippen MR) is 71.7 cm³/mol. The van der Waals surface area contributed by atoms with Crippen molar-refractivity contribution in [3.63, 3.8) is 0 Å². The number of aromatic nitrogens is 2. The van der Waals surface area contributed by atoms with Crippen molar-refractivity contribution in [2.75, 3.05) is 5.75 Å². The summed E-state index contributed by atoms with van der Waals surface area (Å²) in [6.45, 7) is 1.69. The number of hydrogen-bond donors (Lipinski definition) is 1. The second kappa shape index (κ2) is 5.80. The Morgan fingerprint density at radius 1 is 1.38 bits per heavy atom. The lowest BCUT2D eigenvalue weighted by Crippen LogP contribution is -2.07. The predicted octanol–water partition coefficient (Wildman–Crippen LogP) is 3.38. The summed E-state index contributed by atoms with van der Waals surface area (Å²) >= 11 is 1.00. The van der Waals surface area contributed by atoms with E-state index in [2.05, 4.69) is 5.10 Å². The van der Waals surface area contributed by atoms with Crippen LogP contribution in [0.1, 0.15) is 11.3 Å². The molecule has 0 spiro atoms. The smallest absolute Gasteiger partial charge is 0.416 e. The Labute approximate surface area is 122 Å². The summed E-state index contributed by atoms with van der Waals surface area (Å²) in [5, 5.41) is 13.3. The van der Waals surface area contributed by atoms with E-state index in [4.69, 9.17) is 5.11 Å². The highest BCUT2D eigenvalue weighted by molar-refractivity contribution is 7.99. The van der Waals surface area contributed by atoms with Gasteiger partial charge >= 0.3 is 12.1 Å². The van der Waals surface area contributed by atoms with Crippen LogP contribution in [0, 0.1) is 6.92 Å². The fourth-order valence-electron chi connectivity index (χ4n) is 1.71. The third kappa shape index (κ3) is 3.78. The van der Waals surface area contributed by atoms with Gasteiger partial charge in [0.15, 0.2) is 0 Å². The number of hydrogen-bond acceptors (Lipinski definition) is 3. The lowest BCUT2D eigenvalue weighted by molar-refractivity contribution is -0.137. The van der Waals surface area contributed by atoms with E-state index in [1.54, 1.807) is 13.0 Å². The van der Waals surface area contributed by atoms with Gasteiger partial charge in [-0.1, -0.05) is 17.8 Å². The van der Waals surface area contributed by atoms with Crippen LogP contribution in [-0.2, 0) is 11.0 Å². The van der Waals surface area contributed by atoms with Crippen LogP contribution in [-0.4, -0.2) is 26.6 Å². The average Bonchev–Trinajstić information content (AvgIpc) is 2.77. The van der Waals surface area contributed by atoms with E-state index in [9.17, 15) is 18.0 Å². The zero-order valence-corrected chi connectivity index (χ0v) is 11.7. The third-order valence-electron chi connectivity index (χ3n) is 2.56. The van der Waals surface area contributed by atoms with Gasteiger partial charge in [-0.15, -0.1) is 0 Å². The van der Waals surface area contributed by atoms with Crippen molar-refractivity contribution in [3.05, 3.63) is 41.6 Å². The highest BCUT2D eigenvalue weighted by atomic mass is 32.2. The number of aliphatic carboxylic acids is 1. The number of thioether (sulfide) groups is 1. The molecule has 0 radical (unpaired) electrons. The molecule has 2 rings (SSSR count). The maximum absolute atomic E-state index is 12.7. The molecule has 21 heavy (non-hydrogen) atoms. The number of alkyl halides is 3. The number of rotatable bonds is 4. The first-order valence-electron chi connectivity index (χ1n) is 5.86. The Hall–Kier alpha value is -1.96. The van der Waals surface area contributed by atoms with Crippen molar-refractivity contribution in [2.45, 2.75) is 18.1 Å². The van der Waals surface area contributed by atoms with Crippen LogP contribution in [0.3, 0.4) is 0 Å². The Bertz CT molecular complexity index is 668. The zero-order chi connectivity index (χ0) is 15.6. The lowest BCUT2D eigenvalue weighted by Gasteiger charge is -2.10. The molecule has 0 unspecified atom stereocenters. The number of nitrogens with zero attached hydrogens (tertiary/aromatic N) is 2. The molecule has 0 saturated carbocycles. The summed E-state index contributed by atoms with van der Waals surface area (Å²) in [6.07, 6.45) is -4.44. The quantitative estimate of drug-likeness (QED) is 0.879. The summed E-state index contributed by atoms with van der Waals surface area (Å²) in [5.41, 5.74) is 0.0634. The van der Waals surface area contributed by atoms with E-state index in [0.29, 0.717) is 10.7 Å². The topological polar surface area (TPSA) is 55.1 Å². The summed E-state index contributed by atoms with van der Waals surface area (Å²) in [4.78, 5) is 10.6. The van der Waals surface area contributed by atoms with Gasteiger partial charge in [-0.25, -0.2) is 4.68 Å². The first-order chi connectivity index (χ1) is 9.77. The SMILES string of the molecule is Cc1cc(SCC(=O)O)n(-c2cccc(C(F)(F)F)c2)n1. The lowest BCUT2D eigenvalue weighted by atomic mass is 10.2. The van der Waals surface area contributed by atoms with E-state index >= 15 is 0 Å². The van der Waals surface area contributed by atoms with E-state index in [1.807, 2.05) is 0 Å². The van der Waals surface area contributed by atoms with E-state index in [-0.39, 0.29) is 11.4 Å². The number of benzene rings is 1. The van der Waals surface area contributed by atoms with Crippen LogP contribution < -0.4 is 0 Å². The average molecular weight is 316 g/mol. The van der Waals surface area contributed by atoms with Crippen LogP contribution in [0.2, 0.25) is 0 Å². The highest BCUT2D eigenvalue weighted by Crippen LogP contribution is 2.31. The molecule has 8 heteroatoms. The van der Waals surface area contributed by atoms with Gasteiger partial charge in [-0.2, -0.15) is 18.3 Å². The fourth-order valence-corrected chi connectivity index (χ4v) is 2.51. The molecule has 0 aliphatic heterocycles. The largest absolute Gasteiger partial charge is 0.481 e. The third-order valence-corrected chi connectivity index (χ3v) is 3.54. The zero-order valence-electron chi connectivity index (χ0n) is 10.9. The summed E-state index contributed by atoms with van der Waals surface area (Å²) in [6, 6.07) is 6.38. The molecule has 0 bridgehead atoms. The molecule has 1 heterocycles. The Kier molecular flexibility index (Phi) is 4.26. The molecule has 112 valence electrons. The van der Waals surface area contributed by atoms with Crippen molar-refractivity contribution in [2.24, 2.45) is 0 Å². The minimum Gasteiger partial charge on any atom is -0.481 e. The highest BCUT2D eigenvalue weighted by Gasteiger charge is 2.30. The van der Waals surface area contributed by atoms with Gasteiger partial charge in [0.25, 0.3) is 0 Å². The van der Waals surface area contributed by atoms with Gasteiger partial charge in [-0.3, -0.25) is 4.79 Å². The van der Waals surface area contributed by atoms with Crippen LogP contribution >= 0.6 is 11.8 Å². The second-order valence-electron chi connectivity index (χ2n) is 4.27. The summed E-state index contributed by atoms with van der Waals surface area (Å²) in [5.74, 6) is -1.20. The van der Waals surface area contributed by atoms with Crippen molar-refractivity contribution < 1.29 is 23.1 Å². The van der Waals surface area contributed by atoms with Crippen LogP contribution in [0.5, 0.6) is 0 Å². The molecule has 0 aliphatic carbocycles. The number of halogens is 3. The number of carboxylic acid groups (broad SMARTS) is 1. The molecule has 0 atom stereocenters. The monoisotopic (exact) mass is 316 g/mol. The van der Waals surface area contributed by atoms with Gasteiger partial charge in [0.05, 0.1) is 22.7 Å². The van der Waals surface area contributed by atoms with Gasteiger partial charge in [0.2, 0.25) is 0 Å². The van der Waals surface area contributed by atoms with Gasteiger partial charge in [-0.05, 0) is 31.2 Å². The molecule has 0 aliphatic rings. The molecule has 0 amide bonds. The minimum absolute atomic E-state index is 0.190. The molecule has 4 nitrogen and oxygen atoms in total. The van der Waals surface area contributed by atoms with E-state index in [0.717, 1.165) is 23.9 Å². The standard InChI is InChI=1S/C13H11F3N2O2S/c1-8-5-11(21-7-12(19)20)18(17-8)10-4-2-3-9(6-10)13(14,15)16/h2-6H,7H2,1H3,(H,19,20). The van der Waals surface area contributed by atoms with Crippen molar-refractivity contribution >= 4 is 17.7 Å². The number of aryl methyl sites for hydroxylation is 1. The molecule has 0 saturated heterocycles. The summed E-state index contributed by atoms with van der Waals surface area (Å²) < 4.78 is 39.5. The number of carboxylic acids is 1. The first kappa shape index (κ1) is 15.4. The van der Waals surface area contributed by atoms with E-state index < -0.39 is 17.7 Å². The fraction of sp³-hybridized carbons (Fsp3) is 0.231. The van der Waals surface area contributed by atoms with Gasteiger partial charge < -0.3 is 5.11 Å². The van der Waals surface area contributed by atoms with Crippen molar-refractivity contribution in [1.82, 2.24) is 9.78 Å². The molecule has 1 aromatic carbocycles. The Morgan fingerprint density at radius 3 is 2.71 bits per heavy atom. The number of carbonyl (C=O) groups is 1. The van der Waals surface area contributed by atoms with Crippen molar-refractivity contribution in [1.29, 1.82) is 0 Å². The van der Waals surface area contributed by atoms with Crippen molar-refractivity contribution in [3.8, 4) is 5.69 Å². The minimum atomic E-state index is -4.44. The van der Waals surface area contributed by atoms with E-state index in [1.165, 1.54) is 16.8 Å². The molecule has 1 aromatic heterocycles. The normalized spacial score (nSPS) is 11.6. The Balaban J connectivity index is 2.40. The second-order valence-corrected chi connectivity index (χ2v) is 5.26. The molecular formula is C13H11F3N2O2S.